The van der Waals surface area contributed by atoms with Gasteiger partial charge in [-0.3, -0.25) is 4.79 Å². The first-order valence-corrected chi connectivity index (χ1v) is 11.6. The smallest absolute Gasteiger partial charge is 0.305 e. The van der Waals surface area contributed by atoms with Gasteiger partial charge in [0.05, 0.1) is 6.61 Å². The summed E-state index contributed by atoms with van der Waals surface area (Å²) in [5.74, 6) is -0.0106. The number of alkyl halides is 1. The van der Waals surface area contributed by atoms with Crippen LogP contribution in [0.3, 0.4) is 0 Å². The zero-order chi connectivity index (χ0) is 17.7. The normalized spacial score (nSPS) is 10.9. The molecule has 0 aromatic carbocycles. The van der Waals surface area contributed by atoms with Crippen molar-refractivity contribution in [3.8, 4) is 0 Å². The number of carbonyl (C=O) groups is 1. The lowest BCUT2D eigenvalue weighted by Gasteiger charge is -2.05. The highest BCUT2D eigenvalue weighted by Gasteiger charge is 2.02. The van der Waals surface area contributed by atoms with Crippen LogP contribution in [-0.4, -0.2) is 17.9 Å². The highest BCUT2D eigenvalue weighted by molar-refractivity contribution is 9.09. The first kappa shape index (κ1) is 23.9. The molecular formula is C21H41BrO2. The summed E-state index contributed by atoms with van der Waals surface area (Å²) >= 11 is 3.40. The fraction of sp³-hybridized carbons (Fsp3) is 0.952. The van der Waals surface area contributed by atoms with Crippen LogP contribution in [0, 0.1) is 0 Å². The lowest BCUT2D eigenvalue weighted by Crippen LogP contribution is -2.05. The van der Waals surface area contributed by atoms with Crippen molar-refractivity contribution in [2.45, 2.75) is 116 Å². The van der Waals surface area contributed by atoms with Gasteiger partial charge in [0.25, 0.3) is 0 Å². The van der Waals surface area contributed by atoms with Crippen LogP contribution >= 0.6 is 15.9 Å². The van der Waals surface area contributed by atoms with E-state index >= 15 is 0 Å². The van der Waals surface area contributed by atoms with E-state index in [0.29, 0.717) is 13.0 Å². The first-order chi connectivity index (χ1) is 11.8. The van der Waals surface area contributed by atoms with E-state index in [0.717, 1.165) is 31.0 Å². The maximum atomic E-state index is 11.5. The number of hydrogen-bond acceptors (Lipinski definition) is 2. The van der Waals surface area contributed by atoms with Gasteiger partial charge < -0.3 is 4.74 Å². The fourth-order valence-corrected chi connectivity index (χ4v) is 3.32. The average molecular weight is 405 g/mol. The molecule has 0 N–H and O–H groups in total. The highest BCUT2D eigenvalue weighted by atomic mass is 79.9. The van der Waals surface area contributed by atoms with E-state index in [2.05, 4.69) is 22.9 Å². The lowest BCUT2D eigenvalue weighted by atomic mass is 10.0. The van der Waals surface area contributed by atoms with Crippen LogP contribution in [0.5, 0.6) is 0 Å². The summed E-state index contributed by atoms with van der Waals surface area (Å²) in [6, 6.07) is 0. The molecule has 0 aromatic heterocycles. The minimum Gasteiger partial charge on any atom is -0.466 e. The van der Waals surface area contributed by atoms with Crippen LogP contribution in [0.4, 0.5) is 0 Å². The van der Waals surface area contributed by atoms with Gasteiger partial charge in [-0.25, -0.2) is 0 Å². The van der Waals surface area contributed by atoms with Gasteiger partial charge in [-0.05, 0) is 19.3 Å². The molecular weight excluding hydrogens is 364 g/mol. The molecule has 144 valence electrons. The van der Waals surface area contributed by atoms with Crippen LogP contribution in [-0.2, 0) is 9.53 Å². The van der Waals surface area contributed by atoms with E-state index in [1.807, 2.05) is 0 Å². The maximum absolute atomic E-state index is 11.5. The molecule has 0 rings (SSSR count). The topological polar surface area (TPSA) is 26.3 Å². The molecule has 3 heteroatoms. The van der Waals surface area contributed by atoms with Crippen molar-refractivity contribution in [3.05, 3.63) is 0 Å². The van der Waals surface area contributed by atoms with Crippen LogP contribution < -0.4 is 0 Å². The Kier molecular flexibility index (Phi) is 20.9. The molecule has 2 nitrogen and oxygen atoms in total. The third-order valence-corrected chi connectivity index (χ3v) is 5.09. The largest absolute Gasteiger partial charge is 0.466 e. The summed E-state index contributed by atoms with van der Waals surface area (Å²) < 4.78 is 5.27. The molecule has 0 fully saturated rings. The Hall–Kier alpha value is -0.0500. The predicted molar refractivity (Wildman–Crippen MR) is 109 cm³/mol. The Morgan fingerprint density at radius 1 is 0.667 bits per heavy atom. The Bertz CT molecular complexity index is 256. The van der Waals surface area contributed by atoms with E-state index in [1.165, 1.54) is 77.0 Å². The van der Waals surface area contributed by atoms with Gasteiger partial charge in [0, 0.05) is 11.8 Å². The van der Waals surface area contributed by atoms with Gasteiger partial charge in [-0.15, -0.1) is 0 Å². The average Bonchev–Trinajstić information content (AvgIpc) is 2.59. The molecule has 0 saturated carbocycles. The summed E-state index contributed by atoms with van der Waals surface area (Å²) in [4.78, 5) is 11.5. The second-order valence-corrected chi connectivity index (χ2v) is 7.76. The molecule has 0 unspecified atom stereocenters. The molecule has 0 aliphatic heterocycles. The van der Waals surface area contributed by atoms with Crippen LogP contribution in [0.2, 0.25) is 0 Å². The standard InChI is InChI=1S/C21H41BrO2/c1-2-3-4-5-6-7-8-9-10-11-12-13-17-20-24-21(23)18-15-14-16-19-22/h2-20H2,1H3. The molecule has 0 radical (unpaired) electrons. The van der Waals surface area contributed by atoms with Gasteiger partial charge in [-0.2, -0.15) is 0 Å². The van der Waals surface area contributed by atoms with Crippen molar-refractivity contribution < 1.29 is 9.53 Å². The van der Waals surface area contributed by atoms with Crippen molar-refractivity contribution in [3.63, 3.8) is 0 Å². The molecule has 0 heterocycles. The minimum atomic E-state index is -0.0106. The number of ether oxygens (including phenoxy) is 1. The molecule has 0 spiro atoms. The van der Waals surface area contributed by atoms with Crippen molar-refractivity contribution in [1.29, 1.82) is 0 Å². The fourth-order valence-electron chi connectivity index (χ4n) is 2.92. The van der Waals surface area contributed by atoms with E-state index in [9.17, 15) is 4.79 Å². The number of halogens is 1. The van der Waals surface area contributed by atoms with Crippen molar-refractivity contribution in [2.75, 3.05) is 11.9 Å². The molecule has 24 heavy (non-hydrogen) atoms. The predicted octanol–water partition coefficient (Wildman–Crippen LogP) is 7.58. The van der Waals surface area contributed by atoms with E-state index in [4.69, 9.17) is 4.74 Å². The highest BCUT2D eigenvalue weighted by Crippen LogP contribution is 2.12. The van der Waals surface area contributed by atoms with Crippen LogP contribution in [0.1, 0.15) is 116 Å². The lowest BCUT2D eigenvalue weighted by molar-refractivity contribution is -0.143. The number of unbranched alkanes of at least 4 members (excludes halogenated alkanes) is 14. The van der Waals surface area contributed by atoms with E-state index in [-0.39, 0.29) is 5.97 Å². The van der Waals surface area contributed by atoms with Gasteiger partial charge in [0.2, 0.25) is 0 Å². The van der Waals surface area contributed by atoms with E-state index in [1.54, 1.807) is 0 Å². The molecule has 0 aromatic rings. The van der Waals surface area contributed by atoms with Gasteiger partial charge in [-0.1, -0.05) is 106 Å². The van der Waals surface area contributed by atoms with Crippen LogP contribution in [0.25, 0.3) is 0 Å². The molecule has 0 bridgehead atoms. The third-order valence-electron chi connectivity index (χ3n) is 4.53. The zero-order valence-electron chi connectivity index (χ0n) is 16.1. The second kappa shape index (κ2) is 21.0. The SMILES string of the molecule is CCCCCCCCCCCCCCCOC(=O)CCCCCBr. The van der Waals surface area contributed by atoms with Gasteiger partial charge in [0.1, 0.15) is 0 Å². The Morgan fingerprint density at radius 3 is 1.62 bits per heavy atom. The Balaban J connectivity index is 3.08. The molecule has 0 amide bonds. The number of hydrogen-bond donors (Lipinski definition) is 0. The Labute approximate surface area is 159 Å². The van der Waals surface area contributed by atoms with Gasteiger partial charge in [0.15, 0.2) is 0 Å². The summed E-state index contributed by atoms with van der Waals surface area (Å²) in [7, 11) is 0. The molecule has 0 atom stereocenters. The number of rotatable bonds is 19. The summed E-state index contributed by atoms with van der Waals surface area (Å²) in [6.07, 6.45) is 21.3. The molecule has 0 saturated heterocycles. The maximum Gasteiger partial charge on any atom is 0.305 e. The summed E-state index contributed by atoms with van der Waals surface area (Å²) in [5.41, 5.74) is 0. The number of carbonyl (C=O) groups excluding carboxylic acids is 1. The first-order valence-electron chi connectivity index (χ1n) is 10.5. The van der Waals surface area contributed by atoms with Crippen molar-refractivity contribution in [2.24, 2.45) is 0 Å². The van der Waals surface area contributed by atoms with Crippen LogP contribution in [0.15, 0.2) is 0 Å². The Morgan fingerprint density at radius 2 is 1.12 bits per heavy atom. The number of esters is 1. The third kappa shape index (κ3) is 20.0. The summed E-state index contributed by atoms with van der Waals surface area (Å²) in [6.45, 7) is 2.90. The van der Waals surface area contributed by atoms with Crippen molar-refractivity contribution in [1.82, 2.24) is 0 Å². The monoisotopic (exact) mass is 404 g/mol. The molecule has 0 aliphatic carbocycles. The molecule has 0 aliphatic rings. The van der Waals surface area contributed by atoms with Crippen molar-refractivity contribution >= 4 is 21.9 Å². The van der Waals surface area contributed by atoms with E-state index < -0.39 is 0 Å². The second-order valence-electron chi connectivity index (χ2n) is 6.96. The van der Waals surface area contributed by atoms with Gasteiger partial charge >= 0.3 is 5.97 Å². The zero-order valence-corrected chi connectivity index (χ0v) is 17.7. The summed E-state index contributed by atoms with van der Waals surface area (Å²) in [5, 5.41) is 1.03. The minimum absolute atomic E-state index is 0.0106. The quantitative estimate of drug-likeness (QED) is 0.126.